The van der Waals surface area contributed by atoms with Crippen molar-refractivity contribution in [1.29, 1.82) is 5.26 Å². The van der Waals surface area contributed by atoms with Gasteiger partial charge in [-0.15, -0.1) is 11.3 Å². The summed E-state index contributed by atoms with van der Waals surface area (Å²) in [4.78, 5) is 19.7. The molecule has 0 radical (unpaired) electrons. The van der Waals surface area contributed by atoms with E-state index in [1.807, 2.05) is 6.07 Å². The lowest BCUT2D eigenvalue weighted by Crippen LogP contribution is -2.23. The minimum atomic E-state index is 0.0313. The first-order valence-corrected chi connectivity index (χ1v) is 9.70. The third-order valence-corrected chi connectivity index (χ3v) is 5.96. The van der Waals surface area contributed by atoms with Crippen LogP contribution in [-0.2, 0) is 19.4 Å². The molecule has 132 valence electrons. The topological polar surface area (TPSA) is 67.9 Å². The van der Waals surface area contributed by atoms with E-state index >= 15 is 0 Å². The predicted octanol–water partition coefficient (Wildman–Crippen LogP) is 3.68. The number of hydrogen-bond acceptors (Lipinski definition) is 5. The molecule has 0 bridgehead atoms. The van der Waals surface area contributed by atoms with Crippen molar-refractivity contribution in [2.75, 3.05) is 6.61 Å². The van der Waals surface area contributed by atoms with Crippen LogP contribution >= 0.6 is 11.3 Å². The Bertz CT molecular complexity index is 1050. The molecule has 0 saturated carbocycles. The molecule has 0 saturated heterocycles. The molecule has 1 aliphatic rings. The minimum Gasteiger partial charge on any atom is -0.492 e. The molecule has 3 aromatic rings. The molecule has 4 rings (SSSR count). The van der Waals surface area contributed by atoms with Gasteiger partial charge in [0.1, 0.15) is 17.2 Å². The van der Waals surface area contributed by atoms with Crippen molar-refractivity contribution >= 4 is 21.6 Å². The van der Waals surface area contributed by atoms with Gasteiger partial charge in [0.15, 0.2) is 0 Å². The normalized spacial score (nSPS) is 13.8. The van der Waals surface area contributed by atoms with Crippen LogP contribution in [0, 0.1) is 11.3 Å². The van der Waals surface area contributed by atoms with Crippen molar-refractivity contribution in [2.45, 2.75) is 38.6 Å². The molecule has 6 heteroatoms. The van der Waals surface area contributed by atoms with Crippen molar-refractivity contribution < 1.29 is 4.74 Å². The molecular formula is C20H19N3O2S. The second-order valence-corrected chi connectivity index (χ2v) is 7.56. The van der Waals surface area contributed by atoms with Crippen LogP contribution < -0.4 is 10.3 Å². The number of aromatic nitrogens is 2. The van der Waals surface area contributed by atoms with Crippen molar-refractivity contribution in [2.24, 2.45) is 0 Å². The summed E-state index contributed by atoms with van der Waals surface area (Å²) < 4.78 is 7.33. The molecule has 5 nitrogen and oxygen atoms in total. The molecule has 0 spiro atoms. The SMILES string of the molecule is N#Cc1cccc(OCCn2cnc3sc4c(c3c2=O)CCCCC4)c1. The first-order valence-electron chi connectivity index (χ1n) is 8.89. The Labute approximate surface area is 155 Å². The summed E-state index contributed by atoms with van der Waals surface area (Å²) in [7, 11) is 0. The number of fused-ring (bicyclic) bond motifs is 3. The molecule has 0 aliphatic heterocycles. The highest BCUT2D eigenvalue weighted by Crippen LogP contribution is 2.32. The average Bonchev–Trinajstić information content (AvgIpc) is 2.86. The lowest BCUT2D eigenvalue weighted by Gasteiger charge is -2.08. The first-order chi connectivity index (χ1) is 12.8. The van der Waals surface area contributed by atoms with Crippen LogP contribution in [0.1, 0.15) is 35.3 Å². The average molecular weight is 365 g/mol. The Balaban J connectivity index is 1.55. The van der Waals surface area contributed by atoms with Crippen LogP contribution in [0.15, 0.2) is 35.4 Å². The molecule has 1 aliphatic carbocycles. The second-order valence-electron chi connectivity index (χ2n) is 6.48. The minimum absolute atomic E-state index is 0.0313. The number of ether oxygens (including phenoxy) is 1. The van der Waals surface area contributed by atoms with E-state index in [-0.39, 0.29) is 5.56 Å². The maximum Gasteiger partial charge on any atom is 0.262 e. The van der Waals surface area contributed by atoms with E-state index in [0.717, 1.165) is 29.5 Å². The highest BCUT2D eigenvalue weighted by atomic mass is 32.1. The summed E-state index contributed by atoms with van der Waals surface area (Å²) in [6, 6.07) is 9.12. The molecule has 26 heavy (non-hydrogen) atoms. The van der Waals surface area contributed by atoms with Gasteiger partial charge in [0.25, 0.3) is 5.56 Å². The van der Waals surface area contributed by atoms with Crippen molar-refractivity contribution in [3.8, 4) is 11.8 Å². The molecule has 2 heterocycles. The van der Waals surface area contributed by atoms with E-state index in [4.69, 9.17) is 10.00 Å². The molecule has 2 aromatic heterocycles. The maximum absolute atomic E-state index is 12.9. The van der Waals surface area contributed by atoms with E-state index in [2.05, 4.69) is 11.1 Å². The molecule has 1 aromatic carbocycles. The Morgan fingerprint density at radius 3 is 3.04 bits per heavy atom. The van der Waals surface area contributed by atoms with Gasteiger partial charge in [-0.2, -0.15) is 5.26 Å². The fraction of sp³-hybridized carbons (Fsp3) is 0.350. The van der Waals surface area contributed by atoms with Crippen LogP contribution in [0.25, 0.3) is 10.2 Å². The van der Waals surface area contributed by atoms with E-state index < -0.39 is 0 Å². The Morgan fingerprint density at radius 1 is 1.27 bits per heavy atom. The zero-order valence-corrected chi connectivity index (χ0v) is 15.2. The first kappa shape index (κ1) is 16.8. The quantitative estimate of drug-likeness (QED) is 0.662. The molecule has 0 unspecified atom stereocenters. The zero-order chi connectivity index (χ0) is 17.9. The van der Waals surface area contributed by atoms with Gasteiger partial charge < -0.3 is 4.74 Å². The summed E-state index contributed by atoms with van der Waals surface area (Å²) in [5, 5.41) is 9.75. The third kappa shape index (κ3) is 3.23. The molecule has 0 fully saturated rings. The largest absolute Gasteiger partial charge is 0.492 e. The van der Waals surface area contributed by atoms with Gasteiger partial charge in [0, 0.05) is 4.88 Å². The number of benzene rings is 1. The van der Waals surface area contributed by atoms with E-state index in [1.165, 1.54) is 23.3 Å². The molecule has 0 N–H and O–H groups in total. The highest BCUT2D eigenvalue weighted by molar-refractivity contribution is 7.18. The van der Waals surface area contributed by atoms with E-state index in [0.29, 0.717) is 24.5 Å². The van der Waals surface area contributed by atoms with Crippen LogP contribution in [0.4, 0.5) is 0 Å². The Hall–Kier alpha value is -2.65. The van der Waals surface area contributed by atoms with E-state index in [9.17, 15) is 4.79 Å². The summed E-state index contributed by atoms with van der Waals surface area (Å²) in [6.07, 6.45) is 7.24. The number of thiophene rings is 1. The number of rotatable bonds is 4. The Morgan fingerprint density at radius 2 is 2.15 bits per heavy atom. The van der Waals surface area contributed by atoms with Gasteiger partial charge in [-0.05, 0) is 49.4 Å². The predicted molar refractivity (Wildman–Crippen MR) is 102 cm³/mol. The number of aryl methyl sites for hydroxylation is 2. The van der Waals surface area contributed by atoms with Crippen molar-refractivity contribution in [3.05, 3.63) is 57.0 Å². The Kier molecular flexibility index (Phi) is 4.72. The summed E-state index contributed by atoms with van der Waals surface area (Å²) >= 11 is 1.67. The van der Waals surface area contributed by atoms with Gasteiger partial charge >= 0.3 is 0 Å². The number of nitrogens with zero attached hydrogens (tertiary/aromatic N) is 3. The fourth-order valence-corrected chi connectivity index (χ4v) is 4.65. The van der Waals surface area contributed by atoms with Crippen LogP contribution in [0.3, 0.4) is 0 Å². The monoisotopic (exact) mass is 365 g/mol. The maximum atomic E-state index is 12.9. The van der Waals surface area contributed by atoms with Crippen LogP contribution in [0.5, 0.6) is 5.75 Å². The summed E-state index contributed by atoms with van der Waals surface area (Å²) in [6.45, 7) is 0.789. The highest BCUT2D eigenvalue weighted by Gasteiger charge is 2.19. The standard InChI is InChI=1S/C20H19N3O2S/c21-12-14-5-4-6-15(11-14)25-10-9-23-13-22-19-18(20(23)24)16-7-2-1-3-8-17(16)26-19/h4-6,11,13H,1-3,7-10H2. The fourth-order valence-electron chi connectivity index (χ4n) is 3.43. The number of nitriles is 1. The zero-order valence-electron chi connectivity index (χ0n) is 14.4. The van der Waals surface area contributed by atoms with Crippen LogP contribution in [0.2, 0.25) is 0 Å². The van der Waals surface area contributed by atoms with Crippen molar-refractivity contribution in [1.82, 2.24) is 9.55 Å². The van der Waals surface area contributed by atoms with Gasteiger partial charge in [-0.25, -0.2) is 4.98 Å². The van der Waals surface area contributed by atoms with Crippen molar-refractivity contribution in [3.63, 3.8) is 0 Å². The number of hydrogen-bond donors (Lipinski definition) is 0. The molecular weight excluding hydrogens is 346 g/mol. The second kappa shape index (κ2) is 7.30. The molecule has 0 atom stereocenters. The lowest BCUT2D eigenvalue weighted by molar-refractivity contribution is 0.296. The van der Waals surface area contributed by atoms with E-state index in [1.54, 1.807) is 40.4 Å². The third-order valence-electron chi connectivity index (χ3n) is 4.76. The lowest BCUT2D eigenvalue weighted by atomic mass is 10.1. The van der Waals surface area contributed by atoms with Gasteiger partial charge in [-0.1, -0.05) is 12.5 Å². The van der Waals surface area contributed by atoms with Gasteiger partial charge in [-0.3, -0.25) is 9.36 Å². The smallest absolute Gasteiger partial charge is 0.262 e. The van der Waals surface area contributed by atoms with Crippen LogP contribution in [-0.4, -0.2) is 16.2 Å². The molecule has 0 amide bonds. The summed E-state index contributed by atoms with van der Waals surface area (Å²) in [5.41, 5.74) is 1.81. The van der Waals surface area contributed by atoms with Gasteiger partial charge in [0.05, 0.1) is 29.9 Å². The summed E-state index contributed by atoms with van der Waals surface area (Å²) in [5.74, 6) is 0.635. The van der Waals surface area contributed by atoms with Gasteiger partial charge in [0.2, 0.25) is 0 Å².